The van der Waals surface area contributed by atoms with E-state index in [4.69, 9.17) is 16.0 Å². The van der Waals surface area contributed by atoms with Gasteiger partial charge in [-0.25, -0.2) is 4.79 Å². The van der Waals surface area contributed by atoms with Gasteiger partial charge in [0.05, 0.1) is 28.5 Å². The molecule has 2 heterocycles. The van der Waals surface area contributed by atoms with Crippen molar-refractivity contribution in [2.75, 3.05) is 5.32 Å². The Bertz CT molecular complexity index is 1440. The molecule has 6 nitrogen and oxygen atoms in total. The highest BCUT2D eigenvalue weighted by molar-refractivity contribution is 6.31. The standard InChI is InChI=1S/C23H17ClF3N3O3/c1-12-21(24)13(2)30(29-12)11-14-4-3-5-15(8-14)22(32)28-16-6-7-17-18(23(25,26)27)10-20(31)33-19(17)9-16/h3-10H,11H2,1-2H3,(H,28,32). The van der Waals surface area contributed by atoms with Crippen molar-refractivity contribution >= 4 is 34.2 Å². The summed E-state index contributed by atoms with van der Waals surface area (Å²) in [7, 11) is 0. The maximum absolute atomic E-state index is 13.2. The number of amides is 1. The van der Waals surface area contributed by atoms with Crippen LogP contribution in [0.15, 0.2) is 57.7 Å². The van der Waals surface area contributed by atoms with E-state index in [1.807, 2.05) is 13.0 Å². The first kappa shape index (κ1) is 22.6. The van der Waals surface area contributed by atoms with Gasteiger partial charge in [-0.2, -0.15) is 18.3 Å². The van der Waals surface area contributed by atoms with Crippen LogP contribution in [0.25, 0.3) is 11.0 Å². The molecule has 1 N–H and O–H groups in total. The first-order valence-corrected chi connectivity index (χ1v) is 10.2. The molecule has 0 spiro atoms. The summed E-state index contributed by atoms with van der Waals surface area (Å²) in [6.45, 7) is 4.06. The van der Waals surface area contributed by atoms with Crippen molar-refractivity contribution in [1.29, 1.82) is 0 Å². The molecule has 4 rings (SSSR count). The third-order valence-corrected chi connectivity index (χ3v) is 5.67. The zero-order valence-electron chi connectivity index (χ0n) is 17.5. The lowest BCUT2D eigenvalue weighted by Crippen LogP contribution is -2.14. The molecule has 0 saturated carbocycles. The number of hydrogen-bond acceptors (Lipinski definition) is 4. The SMILES string of the molecule is Cc1nn(Cc2cccc(C(=O)Nc3ccc4c(C(F)(F)F)cc(=O)oc4c3)c2)c(C)c1Cl. The van der Waals surface area contributed by atoms with Gasteiger partial charge in [-0.15, -0.1) is 0 Å². The van der Waals surface area contributed by atoms with Gasteiger partial charge in [-0.05, 0) is 43.7 Å². The van der Waals surface area contributed by atoms with Crippen LogP contribution < -0.4 is 10.9 Å². The van der Waals surface area contributed by atoms with E-state index in [1.165, 1.54) is 12.1 Å². The van der Waals surface area contributed by atoms with Crippen LogP contribution in [0, 0.1) is 13.8 Å². The highest BCUT2D eigenvalue weighted by Crippen LogP contribution is 2.34. The van der Waals surface area contributed by atoms with E-state index in [9.17, 15) is 22.8 Å². The first-order valence-electron chi connectivity index (χ1n) is 9.78. The number of benzene rings is 2. The summed E-state index contributed by atoms with van der Waals surface area (Å²) in [5, 5.41) is 7.31. The molecule has 2 aromatic carbocycles. The fourth-order valence-electron chi connectivity index (χ4n) is 3.49. The summed E-state index contributed by atoms with van der Waals surface area (Å²) in [6, 6.07) is 10.9. The van der Waals surface area contributed by atoms with Crippen LogP contribution in [0.2, 0.25) is 5.02 Å². The maximum atomic E-state index is 13.2. The van der Waals surface area contributed by atoms with E-state index in [1.54, 1.807) is 29.8 Å². The summed E-state index contributed by atoms with van der Waals surface area (Å²) < 4.78 is 46.3. The van der Waals surface area contributed by atoms with Gasteiger partial charge in [0.2, 0.25) is 0 Å². The van der Waals surface area contributed by atoms with Crippen molar-refractivity contribution in [3.05, 3.63) is 92.1 Å². The molecule has 170 valence electrons. The zero-order valence-corrected chi connectivity index (χ0v) is 18.2. The molecular formula is C23H17ClF3N3O3. The van der Waals surface area contributed by atoms with Crippen LogP contribution in [0.4, 0.5) is 18.9 Å². The Morgan fingerprint density at radius 2 is 1.91 bits per heavy atom. The molecule has 0 saturated heterocycles. The molecule has 2 aromatic heterocycles. The van der Waals surface area contributed by atoms with E-state index in [-0.39, 0.29) is 16.7 Å². The molecule has 0 aliphatic carbocycles. The van der Waals surface area contributed by atoms with Gasteiger partial charge in [-0.1, -0.05) is 23.7 Å². The number of halogens is 4. The molecule has 10 heteroatoms. The molecule has 1 amide bonds. The average Bonchev–Trinajstić information content (AvgIpc) is 2.99. The minimum atomic E-state index is -4.71. The highest BCUT2D eigenvalue weighted by Gasteiger charge is 2.33. The smallest absolute Gasteiger partial charge is 0.417 e. The van der Waals surface area contributed by atoms with Crippen LogP contribution in [0.5, 0.6) is 0 Å². The summed E-state index contributed by atoms with van der Waals surface area (Å²) in [5.74, 6) is -0.475. The second kappa shape index (κ2) is 8.40. The Morgan fingerprint density at radius 3 is 2.58 bits per heavy atom. The normalized spacial score (nSPS) is 11.7. The maximum Gasteiger partial charge on any atom is 0.417 e. The minimum absolute atomic E-state index is 0.186. The minimum Gasteiger partial charge on any atom is -0.423 e. The van der Waals surface area contributed by atoms with Gasteiger partial charge in [0.15, 0.2) is 0 Å². The second-order valence-electron chi connectivity index (χ2n) is 7.48. The van der Waals surface area contributed by atoms with Crippen LogP contribution >= 0.6 is 11.6 Å². The van der Waals surface area contributed by atoms with Crippen LogP contribution in [-0.2, 0) is 12.7 Å². The third kappa shape index (κ3) is 4.63. The number of aryl methyl sites for hydroxylation is 1. The van der Waals surface area contributed by atoms with Crippen LogP contribution in [0.3, 0.4) is 0 Å². The second-order valence-corrected chi connectivity index (χ2v) is 7.86. The van der Waals surface area contributed by atoms with Gasteiger partial charge in [0.1, 0.15) is 5.58 Å². The van der Waals surface area contributed by atoms with Crippen molar-refractivity contribution in [2.45, 2.75) is 26.6 Å². The number of carbonyl (C=O) groups excluding carboxylic acids is 1. The van der Waals surface area contributed by atoms with Crippen molar-refractivity contribution < 1.29 is 22.4 Å². The number of aromatic nitrogens is 2. The Labute approximate surface area is 190 Å². The Balaban J connectivity index is 1.59. The number of anilines is 1. The fourth-order valence-corrected chi connectivity index (χ4v) is 3.63. The highest BCUT2D eigenvalue weighted by atomic mass is 35.5. The topological polar surface area (TPSA) is 77.1 Å². The number of carbonyl (C=O) groups is 1. The molecule has 0 aliphatic heterocycles. The van der Waals surface area contributed by atoms with Crippen molar-refractivity contribution in [3.63, 3.8) is 0 Å². The summed E-state index contributed by atoms with van der Waals surface area (Å²) >= 11 is 6.19. The number of rotatable bonds is 4. The third-order valence-electron chi connectivity index (χ3n) is 5.12. The Hall–Kier alpha value is -3.59. The molecule has 33 heavy (non-hydrogen) atoms. The molecule has 0 unspecified atom stereocenters. The van der Waals surface area contributed by atoms with Crippen molar-refractivity contribution in [1.82, 2.24) is 9.78 Å². The number of nitrogens with one attached hydrogen (secondary N) is 1. The van der Waals surface area contributed by atoms with E-state index >= 15 is 0 Å². The van der Waals surface area contributed by atoms with Crippen LogP contribution in [-0.4, -0.2) is 15.7 Å². The summed E-state index contributed by atoms with van der Waals surface area (Å²) in [5.41, 5.74) is 0.349. The summed E-state index contributed by atoms with van der Waals surface area (Å²) in [4.78, 5) is 24.3. The van der Waals surface area contributed by atoms with Crippen molar-refractivity contribution in [3.8, 4) is 0 Å². The van der Waals surface area contributed by atoms with Gasteiger partial charge >= 0.3 is 11.8 Å². The van der Waals surface area contributed by atoms with E-state index < -0.39 is 23.3 Å². The number of hydrogen-bond donors (Lipinski definition) is 1. The lowest BCUT2D eigenvalue weighted by atomic mass is 10.1. The Kier molecular flexibility index (Phi) is 5.75. The molecule has 0 aliphatic rings. The first-order chi connectivity index (χ1) is 15.5. The molecular weight excluding hydrogens is 459 g/mol. The molecule has 0 fully saturated rings. The zero-order chi connectivity index (χ0) is 23.9. The monoisotopic (exact) mass is 475 g/mol. The average molecular weight is 476 g/mol. The predicted octanol–water partition coefficient (Wildman–Crippen LogP) is 5.58. The van der Waals surface area contributed by atoms with E-state index in [2.05, 4.69) is 10.4 Å². The van der Waals surface area contributed by atoms with Crippen molar-refractivity contribution in [2.24, 2.45) is 0 Å². The number of nitrogens with zero attached hydrogens (tertiary/aromatic N) is 2. The van der Waals surface area contributed by atoms with Gasteiger partial charge in [0.25, 0.3) is 5.91 Å². The van der Waals surface area contributed by atoms with E-state index in [0.29, 0.717) is 28.9 Å². The summed E-state index contributed by atoms with van der Waals surface area (Å²) in [6.07, 6.45) is -4.71. The van der Waals surface area contributed by atoms with E-state index in [0.717, 1.165) is 17.3 Å². The molecule has 0 bridgehead atoms. The lowest BCUT2D eigenvalue weighted by molar-refractivity contribution is -0.136. The Morgan fingerprint density at radius 1 is 1.15 bits per heavy atom. The number of fused-ring (bicyclic) bond motifs is 1. The van der Waals surface area contributed by atoms with Crippen LogP contribution in [0.1, 0.15) is 32.9 Å². The molecule has 0 atom stereocenters. The van der Waals surface area contributed by atoms with Gasteiger partial charge in [0, 0.05) is 28.8 Å². The molecule has 4 aromatic rings. The molecule has 0 radical (unpaired) electrons. The van der Waals surface area contributed by atoms with Gasteiger partial charge < -0.3 is 9.73 Å². The predicted molar refractivity (Wildman–Crippen MR) is 118 cm³/mol. The largest absolute Gasteiger partial charge is 0.423 e. The quantitative estimate of drug-likeness (QED) is 0.391. The van der Waals surface area contributed by atoms with Gasteiger partial charge in [-0.3, -0.25) is 9.48 Å². The number of alkyl halides is 3. The fraction of sp³-hybridized carbons (Fsp3) is 0.174. The lowest BCUT2D eigenvalue weighted by Gasteiger charge is -2.11.